The van der Waals surface area contributed by atoms with Crippen LogP contribution in [0.3, 0.4) is 0 Å². The van der Waals surface area contributed by atoms with Crippen LogP contribution >= 0.6 is 0 Å². The highest BCUT2D eigenvalue weighted by Gasteiger charge is 2.31. The van der Waals surface area contributed by atoms with E-state index in [2.05, 4.69) is 0 Å². The number of esters is 1. The van der Waals surface area contributed by atoms with E-state index in [-0.39, 0.29) is 35.7 Å². The number of hydrogen-bond donors (Lipinski definition) is 0. The van der Waals surface area contributed by atoms with E-state index in [1.54, 1.807) is 24.3 Å². The monoisotopic (exact) mass is 495 g/mol. The lowest BCUT2D eigenvalue weighted by Gasteiger charge is -2.34. The van der Waals surface area contributed by atoms with Crippen LogP contribution in [0.2, 0.25) is 0 Å². The van der Waals surface area contributed by atoms with Gasteiger partial charge in [0, 0.05) is 19.0 Å². The number of piperidine rings is 1. The SMILES string of the molecule is Cc1ccc(S(=O)(=O)OCCC2CCN(C(=O)[C@@H](CC(=O)OC(C)(C)C)CC(C)C)CC2)cc1. The minimum Gasteiger partial charge on any atom is -0.460 e. The molecule has 1 amide bonds. The maximum atomic E-state index is 13.2. The molecule has 1 atom stereocenters. The Morgan fingerprint density at radius 1 is 1.09 bits per heavy atom. The van der Waals surface area contributed by atoms with Crippen molar-refractivity contribution in [2.75, 3.05) is 19.7 Å². The summed E-state index contributed by atoms with van der Waals surface area (Å²) in [5.41, 5.74) is 0.414. The van der Waals surface area contributed by atoms with Gasteiger partial charge in [-0.3, -0.25) is 13.8 Å². The van der Waals surface area contributed by atoms with Gasteiger partial charge in [-0.2, -0.15) is 8.42 Å². The van der Waals surface area contributed by atoms with Crippen LogP contribution in [-0.4, -0.2) is 50.5 Å². The molecule has 0 aliphatic carbocycles. The first-order valence-corrected chi connectivity index (χ1v) is 13.6. The average molecular weight is 496 g/mol. The second-order valence-electron chi connectivity index (χ2n) is 10.8. The Morgan fingerprint density at radius 3 is 2.21 bits per heavy atom. The molecule has 1 aromatic rings. The number of amides is 1. The normalized spacial score (nSPS) is 16.5. The molecule has 1 aliphatic rings. The number of carbonyl (C=O) groups excluding carboxylic acids is 2. The summed E-state index contributed by atoms with van der Waals surface area (Å²) >= 11 is 0. The summed E-state index contributed by atoms with van der Waals surface area (Å²) in [5.74, 6) is -0.118. The van der Waals surface area contributed by atoms with Crippen LogP contribution in [0.15, 0.2) is 29.2 Å². The van der Waals surface area contributed by atoms with E-state index in [0.29, 0.717) is 37.8 Å². The van der Waals surface area contributed by atoms with Crippen LogP contribution in [0.25, 0.3) is 0 Å². The van der Waals surface area contributed by atoms with E-state index < -0.39 is 15.7 Å². The van der Waals surface area contributed by atoms with Gasteiger partial charge in [0.25, 0.3) is 10.1 Å². The highest BCUT2D eigenvalue weighted by Crippen LogP contribution is 2.26. The molecule has 0 saturated carbocycles. The molecular weight excluding hydrogens is 454 g/mol. The van der Waals surface area contributed by atoms with Gasteiger partial charge in [-0.15, -0.1) is 0 Å². The molecule has 34 heavy (non-hydrogen) atoms. The third-order valence-corrected chi connectivity index (χ3v) is 7.27. The zero-order chi connectivity index (χ0) is 25.5. The molecule has 7 nitrogen and oxygen atoms in total. The summed E-state index contributed by atoms with van der Waals surface area (Å²) < 4.78 is 35.4. The van der Waals surface area contributed by atoms with Gasteiger partial charge in [-0.25, -0.2) is 0 Å². The first-order valence-electron chi connectivity index (χ1n) is 12.2. The standard InChI is InChI=1S/C26H41NO6S/c1-19(2)17-22(18-24(28)33-26(4,5)6)25(29)27-14-11-21(12-15-27)13-16-32-34(30,31)23-9-7-20(3)8-10-23/h7-10,19,21-22H,11-18H2,1-6H3/t22-/m1/s1. The number of benzene rings is 1. The second kappa shape index (κ2) is 12.2. The number of aryl methyl sites for hydroxylation is 1. The number of hydrogen-bond acceptors (Lipinski definition) is 6. The maximum absolute atomic E-state index is 13.2. The highest BCUT2D eigenvalue weighted by atomic mass is 32.2. The van der Waals surface area contributed by atoms with Crippen LogP contribution in [0, 0.1) is 24.7 Å². The zero-order valence-electron chi connectivity index (χ0n) is 21.5. The lowest BCUT2D eigenvalue weighted by Crippen LogP contribution is -2.43. The van der Waals surface area contributed by atoms with Gasteiger partial charge in [0.05, 0.1) is 17.9 Å². The van der Waals surface area contributed by atoms with Gasteiger partial charge < -0.3 is 9.64 Å². The van der Waals surface area contributed by atoms with Crippen molar-refractivity contribution in [3.63, 3.8) is 0 Å². The molecule has 0 aromatic heterocycles. The lowest BCUT2D eigenvalue weighted by molar-refractivity contribution is -0.159. The number of rotatable bonds is 10. The predicted octanol–water partition coefficient (Wildman–Crippen LogP) is 4.72. The Balaban J connectivity index is 1.84. The molecule has 1 saturated heterocycles. The minimum absolute atomic E-state index is 0.0104. The Bertz CT molecular complexity index is 910. The quantitative estimate of drug-likeness (QED) is 0.345. The maximum Gasteiger partial charge on any atom is 0.307 e. The van der Waals surface area contributed by atoms with Crippen molar-refractivity contribution in [1.29, 1.82) is 0 Å². The molecule has 192 valence electrons. The third kappa shape index (κ3) is 9.37. The largest absolute Gasteiger partial charge is 0.460 e. The fourth-order valence-corrected chi connectivity index (χ4v) is 5.14. The molecule has 0 N–H and O–H groups in total. The summed E-state index contributed by atoms with van der Waals surface area (Å²) in [6, 6.07) is 6.61. The molecular formula is C26H41NO6S. The van der Waals surface area contributed by atoms with Gasteiger partial charge >= 0.3 is 5.97 Å². The molecule has 8 heteroatoms. The Morgan fingerprint density at radius 2 is 1.68 bits per heavy atom. The van der Waals surface area contributed by atoms with Crippen molar-refractivity contribution in [2.45, 2.75) is 84.1 Å². The molecule has 1 heterocycles. The summed E-state index contributed by atoms with van der Waals surface area (Å²) in [5, 5.41) is 0. The second-order valence-corrected chi connectivity index (χ2v) is 12.4. The Kier molecular flexibility index (Phi) is 10.1. The van der Waals surface area contributed by atoms with E-state index in [1.807, 2.05) is 46.4 Å². The summed E-state index contributed by atoms with van der Waals surface area (Å²) in [6.07, 6.45) is 2.95. The molecule has 1 aliphatic heterocycles. The number of carbonyl (C=O) groups is 2. The van der Waals surface area contributed by atoms with Gasteiger partial charge in [-0.1, -0.05) is 31.5 Å². The number of likely N-dealkylation sites (tertiary alicyclic amines) is 1. The summed E-state index contributed by atoms with van der Waals surface area (Å²) in [7, 11) is -3.76. The molecule has 2 rings (SSSR count). The van der Waals surface area contributed by atoms with Crippen molar-refractivity contribution in [1.82, 2.24) is 4.90 Å². The fraction of sp³-hybridized carbons (Fsp3) is 0.692. The first kappa shape index (κ1) is 28.3. The van der Waals surface area contributed by atoms with E-state index in [9.17, 15) is 18.0 Å². The van der Waals surface area contributed by atoms with Crippen molar-refractivity contribution in [3.05, 3.63) is 29.8 Å². The highest BCUT2D eigenvalue weighted by molar-refractivity contribution is 7.86. The van der Waals surface area contributed by atoms with Gasteiger partial charge in [0.2, 0.25) is 5.91 Å². The van der Waals surface area contributed by atoms with Crippen LogP contribution < -0.4 is 0 Å². The van der Waals surface area contributed by atoms with Gasteiger partial charge in [-0.05, 0) is 77.3 Å². The van der Waals surface area contributed by atoms with Crippen molar-refractivity contribution < 1.29 is 26.9 Å². The van der Waals surface area contributed by atoms with E-state index in [0.717, 1.165) is 18.4 Å². The molecule has 0 unspecified atom stereocenters. The molecule has 0 spiro atoms. The van der Waals surface area contributed by atoms with E-state index >= 15 is 0 Å². The Hall–Kier alpha value is -1.93. The number of nitrogens with zero attached hydrogens (tertiary/aromatic N) is 1. The van der Waals surface area contributed by atoms with E-state index in [1.165, 1.54) is 0 Å². The van der Waals surface area contributed by atoms with Crippen molar-refractivity contribution in [3.8, 4) is 0 Å². The first-order chi connectivity index (χ1) is 15.8. The van der Waals surface area contributed by atoms with E-state index in [4.69, 9.17) is 8.92 Å². The summed E-state index contributed by atoms with van der Waals surface area (Å²) in [4.78, 5) is 27.5. The minimum atomic E-state index is -3.76. The van der Waals surface area contributed by atoms with Gasteiger partial charge in [0.1, 0.15) is 5.60 Å². The molecule has 0 radical (unpaired) electrons. The lowest BCUT2D eigenvalue weighted by atomic mass is 9.89. The van der Waals surface area contributed by atoms with Crippen molar-refractivity contribution >= 4 is 22.0 Å². The van der Waals surface area contributed by atoms with Crippen molar-refractivity contribution in [2.24, 2.45) is 17.8 Å². The van der Waals surface area contributed by atoms with Gasteiger partial charge in [0.15, 0.2) is 0 Å². The third-order valence-electron chi connectivity index (χ3n) is 5.94. The Labute approximate surface area is 205 Å². The zero-order valence-corrected chi connectivity index (χ0v) is 22.3. The molecule has 1 fully saturated rings. The average Bonchev–Trinajstić information content (AvgIpc) is 2.72. The number of ether oxygens (including phenoxy) is 1. The summed E-state index contributed by atoms with van der Waals surface area (Å²) in [6.45, 7) is 12.8. The van der Waals surface area contributed by atoms with Crippen LogP contribution in [0.1, 0.15) is 72.3 Å². The predicted molar refractivity (Wildman–Crippen MR) is 132 cm³/mol. The smallest absolute Gasteiger partial charge is 0.307 e. The van der Waals surface area contributed by atoms with Crippen LogP contribution in [0.5, 0.6) is 0 Å². The van der Waals surface area contributed by atoms with Crippen LogP contribution in [0.4, 0.5) is 0 Å². The van der Waals surface area contributed by atoms with Crippen LogP contribution in [-0.2, 0) is 28.6 Å². The molecule has 1 aromatic carbocycles. The molecule has 0 bridgehead atoms. The fourth-order valence-electron chi connectivity index (χ4n) is 4.22. The topological polar surface area (TPSA) is 90.0 Å².